The normalized spacial score (nSPS) is 8.12. The number of ether oxygens (including phenoxy) is 1. The molecule has 0 radical (unpaired) electrons. The van der Waals surface area contributed by atoms with E-state index in [0.29, 0.717) is 0 Å². The number of esters is 1. The van der Waals surface area contributed by atoms with Gasteiger partial charge in [-0.1, -0.05) is 6.92 Å². The topological polar surface area (TPSA) is 55.7 Å². The summed E-state index contributed by atoms with van der Waals surface area (Å²) in [6, 6.07) is 0. The monoisotopic (exact) mass is 117 g/mol. The van der Waals surface area contributed by atoms with E-state index < -0.39 is 5.97 Å². The van der Waals surface area contributed by atoms with Gasteiger partial charge in [0.25, 0.3) is 0 Å². The van der Waals surface area contributed by atoms with Crippen molar-refractivity contribution >= 4 is 5.97 Å². The Morgan fingerprint density at radius 3 is 2.75 bits per heavy atom. The van der Waals surface area contributed by atoms with Crippen LogP contribution >= 0.6 is 0 Å². The van der Waals surface area contributed by atoms with Gasteiger partial charge in [-0.25, -0.2) is 0 Å². The molecule has 4 nitrogen and oxygen atoms in total. The van der Waals surface area contributed by atoms with Crippen LogP contribution in [0.5, 0.6) is 0 Å². The molecule has 0 saturated heterocycles. The first-order valence-corrected chi connectivity index (χ1v) is 2.26. The molecule has 0 aromatic rings. The molecule has 0 spiro atoms. The molecule has 0 rings (SSSR count). The Morgan fingerprint density at radius 2 is 2.38 bits per heavy atom. The number of nitroso groups, excluding NO2 is 1. The number of hydrogen-bond donors (Lipinski definition) is 0. The first-order chi connectivity index (χ1) is 3.81. The summed E-state index contributed by atoms with van der Waals surface area (Å²) >= 11 is 0. The zero-order valence-corrected chi connectivity index (χ0v) is 4.59. The van der Waals surface area contributed by atoms with Gasteiger partial charge in [-0.05, 0) is 5.18 Å². The summed E-state index contributed by atoms with van der Waals surface area (Å²) in [7, 11) is 0. The number of carbonyl (C=O) groups is 1. The quantitative estimate of drug-likeness (QED) is 0.403. The summed E-state index contributed by atoms with van der Waals surface area (Å²) in [5.41, 5.74) is 0. The molecule has 0 bridgehead atoms. The van der Waals surface area contributed by atoms with E-state index in [4.69, 9.17) is 0 Å². The average Bonchev–Trinajstić information content (AvgIpc) is 1.83. The molecule has 0 atom stereocenters. The lowest BCUT2D eigenvalue weighted by molar-refractivity contribution is -0.142. The highest BCUT2D eigenvalue weighted by Gasteiger charge is 1.94. The maximum atomic E-state index is 10.1. The van der Waals surface area contributed by atoms with E-state index in [1.807, 2.05) is 0 Å². The zero-order valence-electron chi connectivity index (χ0n) is 4.59. The fraction of sp³-hybridized carbons (Fsp3) is 0.750. The zero-order chi connectivity index (χ0) is 6.41. The van der Waals surface area contributed by atoms with E-state index in [1.54, 1.807) is 6.92 Å². The molecule has 8 heavy (non-hydrogen) atoms. The van der Waals surface area contributed by atoms with E-state index in [9.17, 15) is 9.70 Å². The second-order valence-electron chi connectivity index (χ2n) is 1.13. The van der Waals surface area contributed by atoms with Crippen LogP contribution in [0.2, 0.25) is 0 Å². The SMILES string of the molecule is CCC(=O)OCN=O. The van der Waals surface area contributed by atoms with E-state index in [0.717, 1.165) is 0 Å². The molecule has 0 aromatic carbocycles. The van der Waals surface area contributed by atoms with Crippen molar-refractivity contribution in [2.45, 2.75) is 13.3 Å². The molecule has 0 saturated carbocycles. The van der Waals surface area contributed by atoms with Crippen LogP contribution in [0.25, 0.3) is 0 Å². The molecule has 0 unspecified atom stereocenters. The Hall–Kier alpha value is -0.930. The predicted molar refractivity (Wildman–Crippen MR) is 27.0 cm³/mol. The number of carbonyl (C=O) groups excluding carboxylic acids is 1. The minimum absolute atomic E-state index is 0.287. The maximum Gasteiger partial charge on any atom is 0.307 e. The summed E-state index contributed by atoms with van der Waals surface area (Å²) < 4.78 is 4.22. The Labute approximate surface area is 46.8 Å². The summed E-state index contributed by atoms with van der Waals surface area (Å²) in [5, 5.41) is 2.33. The van der Waals surface area contributed by atoms with Gasteiger partial charge in [-0.3, -0.25) is 4.79 Å². The van der Waals surface area contributed by atoms with Crippen molar-refractivity contribution in [3.8, 4) is 0 Å². The smallest absolute Gasteiger partial charge is 0.307 e. The van der Waals surface area contributed by atoms with E-state index >= 15 is 0 Å². The van der Waals surface area contributed by atoms with Gasteiger partial charge in [0.1, 0.15) is 0 Å². The molecular weight excluding hydrogens is 110 g/mol. The van der Waals surface area contributed by atoms with Gasteiger partial charge in [-0.15, -0.1) is 4.91 Å². The lowest BCUT2D eigenvalue weighted by atomic mass is 10.5. The number of nitrogens with zero attached hydrogens (tertiary/aromatic N) is 1. The van der Waals surface area contributed by atoms with Crippen molar-refractivity contribution in [2.24, 2.45) is 5.18 Å². The molecule has 0 aliphatic rings. The molecule has 0 fully saturated rings. The van der Waals surface area contributed by atoms with Gasteiger partial charge in [0.05, 0.1) is 0 Å². The van der Waals surface area contributed by atoms with Gasteiger partial charge in [0.15, 0.2) is 0 Å². The van der Waals surface area contributed by atoms with Crippen molar-refractivity contribution in [1.82, 2.24) is 0 Å². The van der Waals surface area contributed by atoms with Crippen molar-refractivity contribution in [1.29, 1.82) is 0 Å². The summed E-state index contributed by atoms with van der Waals surface area (Å²) in [6.07, 6.45) is 0.287. The molecule has 0 amide bonds. The standard InChI is InChI=1S/C4H7NO3/c1-2-4(6)8-3-5-7/h2-3H2,1H3. The van der Waals surface area contributed by atoms with Crippen LogP contribution < -0.4 is 0 Å². The van der Waals surface area contributed by atoms with Crippen LogP contribution in [0, 0.1) is 4.91 Å². The van der Waals surface area contributed by atoms with Gasteiger partial charge >= 0.3 is 5.97 Å². The second-order valence-corrected chi connectivity index (χ2v) is 1.13. The third kappa shape index (κ3) is 3.27. The Kier molecular flexibility index (Phi) is 3.74. The predicted octanol–water partition coefficient (Wildman–Crippen LogP) is 0.663. The highest BCUT2D eigenvalue weighted by Crippen LogP contribution is 1.82. The van der Waals surface area contributed by atoms with Crippen LogP contribution in [0.15, 0.2) is 5.18 Å². The maximum absolute atomic E-state index is 10.1. The molecule has 0 N–H and O–H groups in total. The van der Waals surface area contributed by atoms with Gasteiger partial charge in [0, 0.05) is 6.42 Å². The lowest BCUT2D eigenvalue weighted by Crippen LogP contribution is -2.00. The molecule has 0 heterocycles. The Morgan fingerprint density at radius 1 is 1.75 bits per heavy atom. The minimum atomic E-state index is -0.399. The van der Waals surface area contributed by atoms with Gasteiger partial charge < -0.3 is 4.74 Å². The third-order valence-electron chi connectivity index (χ3n) is 0.567. The van der Waals surface area contributed by atoms with Crippen LogP contribution in [-0.2, 0) is 9.53 Å². The fourth-order valence-electron chi connectivity index (χ4n) is 0.200. The van der Waals surface area contributed by atoms with Crippen LogP contribution in [0.4, 0.5) is 0 Å². The van der Waals surface area contributed by atoms with Crippen LogP contribution in [0.1, 0.15) is 13.3 Å². The Balaban J connectivity index is 3.11. The first kappa shape index (κ1) is 7.07. The summed E-state index contributed by atoms with van der Waals surface area (Å²) in [6.45, 7) is 1.28. The lowest BCUT2D eigenvalue weighted by Gasteiger charge is -1.92. The second kappa shape index (κ2) is 4.23. The molecule has 0 aliphatic carbocycles. The van der Waals surface area contributed by atoms with Crippen molar-refractivity contribution in [3.05, 3.63) is 4.91 Å². The summed E-state index contributed by atoms with van der Waals surface area (Å²) in [4.78, 5) is 19.4. The Bertz CT molecular complexity index is 91.3. The van der Waals surface area contributed by atoms with E-state index in [-0.39, 0.29) is 13.2 Å². The highest BCUT2D eigenvalue weighted by molar-refractivity contribution is 5.68. The third-order valence-corrected chi connectivity index (χ3v) is 0.567. The van der Waals surface area contributed by atoms with Gasteiger partial charge in [0.2, 0.25) is 6.73 Å². The molecular formula is C4H7NO3. The molecule has 0 aromatic heterocycles. The molecule has 4 heteroatoms. The summed E-state index contributed by atoms with van der Waals surface area (Å²) in [5.74, 6) is -0.399. The fourth-order valence-corrected chi connectivity index (χ4v) is 0.200. The van der Waals surface area contributed by atoms with Crippen molar-refractivity contribution < 1.29 is 9.53 Å². The van der Waals surface area contributed by atoms with E-state index in [1.165, 1.54) is 0 Å². The van der Waals surface area contributed by atoms with Crippen molar-refractivity contribution in [3.63, 3.8) is 0 Å². The largest absolute Gasteiger partial charge is 0.439 e. The van der Waals surface area contributed by atoms with Crippen molar-refractivity contribution in [2.75, 3.05) is 6.73 Å². The average molecular weight is 117 g/mol. The molecule has 46 valence electrons. The minimum Gasteiger partial charge on any atom is -0.439 e. The highest BCUT2D eigenvalue weighted by atomic mass is 16.6. The number of hydrogen-bond acceptors (Lipinski definition) is 4. The van der Waals surface area contributed by atoms with E-state index in [2.05, 4.69) is 9.91 Å². The van der Waals surface area contributed by atoms with Crippen LogP contribution in [0.3, 0.4) is 0 Å². The van der Waals surface area contributed by atoms with Gasteiger partial charge in [-0.2, -0.15) is 0 Å². The number of rotatable bonds is 3. The first-order valence-electron chi connectivity index (χ1n) is 2.26. The van der Waals surface area contributed by atoms with Crippen LogP contribution in [-0.4, -0.2) is 12.7 Å². The molecule has 0 aliphatic heterocycles.